The summed E-state index contributed by atoms with van der Waals surface area (Å²) < 4.78 is 1.76. The number of aromatic nitrogens is 2. The molecule has 6 nitrogen and oxygen atoms in total. The Hall–Kier alpha value is -1.86. The first-order valence-electron chi connectivity index (χ1n) is 10.3. The molecule has 1 saturated heterocycles. The molecule has 2 aromatic rings. The summed E-state index contributed by atoms with van der Waals surface area (Å²) in [4.78, 5) is 32.5. The number of thioether (sulfide) groups is 1. The highest BCUT2D eigenvalue weighted by Crippen LogP contribution is 2.20. The normalized spacial score (nSPS) is 18.1. The van der Waals surface area contributed by atoms with Crippen molar-refractivity contribution < 1.29 is 4.79 Å². The number of hydrogen-bond acceptors (Lipinski definition) is 5. The van der Waals surface area contributed by atoms with E-state index in [1.165, 1.54) is 37.4 Å². The zero-order valence-corrected chi connectivity index (χ0v) is 17.0. The third kappa shape index (κ3) is 4.58. The van der Waals surface area contributed by atoms with Gasteiger partial charge in [0.15, 0.2) is 5.16 Å². The predicted octanol–water partition coefficient (Wildman–Crippen LogP) is 2.64. The molecule has 0 atom stereocenters. The van der Waals surface area contributed by atoms with Gasteiger partial charge in [0.1, 0.15) is 0 Å². The number of nitrogens with zero attached hydrogens (tertiary/aromatic N) is 3. The number of carbonyl (C=O) groups excluding carboxylic acids is 1. The van der Waals surface area contributed by atoms with Gasteiger partial charge in [-0.05, 0) is 50.9 Å². The van der Waals surface area contributed by atoms with Crippen LogP contribution in [-0.2, 0) is 11.3 Å². The summed E-state index contributed by atoms with van der Waals surface area (Å²) >= 11 is 1.37. The molecular weight excluding hydrogens is 372 g/mol. The molecule has 1 aromatic carbocycles. The molecule has 1 amide bonds. The molecule has 1 saturated carbocycles. The summed E-state index contributed by atoms with van der Waals surface area (Å²) in [5.41, 5.74) is 0.687. The molecule has 2 heterocycles. The van der Waals surface area contributed by atoms with Crippen LogP contribution in [0.4, 0.5) is 0 Å². The molecule has 1 N–H and O–H groups in total. The third-order valence-electron chi connectivity index (χ3n) is 5.72. The van der Waals surface area contributed by atoms with Gasteiger partial charge in [0.25, 0.3) is 5.56 Å². The molecule has 0 unspecified atom stereocenters. The van der Waals surface area contributed by atoms with Gasteiger partial charge in [0.2, 0.25) is 5.91 Å². The van der Waals surface area contributed by atoms with Gasteiger partial charge < -0.3 is 10.2 Å². The highest BCUT2D eigenvalue weighted by molar-refractivity contribution is 7.99. The van der Waals surface area contributed by atoms with E-state index >= 15 is 0 Å². The van der Waals surface area contributed by atoms with E-state index in [1.807, 2.05) is 24.3 Å². The molecule has 0 bridgehead atoms. The summed E-state index contributed by atoms with van der Waals surface area (Å²) in [6, 6.07) is 7.78. The van der Waals surface area contributed by atoms with Gasteiger partial charge in [-0.3, -0.25) is 14.2 Å². The number of amides is 1. The second kappa shape index (κ2) is 9.09. The number of rotatable bonds is 7. The molecule has 4 rings (SSSR count). The number of benzene rings is 1. The van der Waals surface area contributed by atoms with Gasteiger partial charge in [-0.15, -0.1) is 0 Å². The van der Waals surface area contributed by atoms with E-state index in [0.717, 1.165) is 32.5 Å². The Morgan fingerprint density at radius 1 is 1.11 bits per heavy atom. The molecule has 1 aromatic heterocycles. The second-order valence-corrected chi connectivity index (χ2v) is 8.70. The molecule has 1 aliphatic carbocycles. The van der Waals surface area contributed by atoms with E-state index in [0.29, 0.717) is 34.4 Å². The van der Waals surface area contributed by atoms with Crippen molar-refractivity contribution in [3.05, 3.63) is 34.6 Å². The SMILES string of the molecule is O=C(CSc1nc2ccccc2c(=O)n1CCN1CCCC1)NC1CCCC1. The van der Waals surface area contributed by atoms with Crippen molar-refractivity contribution in [2.45, 2.75) is 56.3 Å². The largest absolute Gasteiger partial charge is 0.353 e. The Kier molecular flexibility index (Phi) is 6.32. The van der Waals surface area contributed by atoms with E-state index in [-0.39, 0.29) is 11.5 Å². The highest BCUT2D eigenvalue weighted by Gasteiger charge is 2.19. The number of hydrogen-bond donors (Lipinski definition) is 1. The number of nitrogens with one attached hydrogen (secondary N) is 1. The highest BCUT2D eigenvalue weighted by atomic mass is 32.2. The van der Waals surface area contributed by atoms with Crippen molar-refractivity contribution in [2.24, 2.45) is 0 Å². The topological polar surface area (TPSA) is 67.2 Å². The van der Waals surface area contributed by atoms with Crippen LogP contribution in [0.25, 0.3) is 10.9 Å². The third-order valence-corrected chi connectivity index (χ3v) is 6.69. The van der Waals surface area contributed by atoms with E-state index in [1.54, 1.807) is 4.57 Å². The van der Waals surface area contributed by atoms with E-state index in [4.69, 9.17) is 4.98 Å². The van der Waals surface area contributed by atoms with Crippen molar-refractivity contribution in [1.82, 2.24) is 19.8 Å². The van der Waals surface area contributed by atoms with Crippen LogP contribution < -0.4 is 10.9 Å². The van der Waals surface area contributed by atoms with Crippen LogP contribution in [0.2, 0.25) is 0 Å². The van der Waals surface area contributed by atoms with Crippen molar-refractivity contribution in [2.75, 3.05) is 25.4 Å². The average molecular weight is 401 g/mol. The van der Waals surface area contributed by atoms with Gasteiger partial charge in [-0.2, -0.15) is 0 Å². The Bertz CT molecular complexity index is 886. The zero-order chi connectivity index (χ0) is 19.3. The van der Waals surface area contributed by atoms with Crippen molar-refractivity contribution in [3.8, 4) is 0 Å². The predicted molar refractivity (Wildman–Crippen MR) is 113 cm³/mol. The minimum atomic E-state index is -0.0106. The molecular formula is C21H28N4O2S. The number of fused-ring (bicyclic) bond motifs is 1. The summed E-state index contributed by atoms with van der Waals surface area (Å²) in [5, 5.41) is 4.40. The van der Waals surface area contributed by atoms with Crippen LogP contribution in [0.5, 0.6) is 0 Å². The van der Waals surface area contributed by atoms with E-state index < -0.39 is 0 Å². The fraction of sp³-hybridized carbons (Fsp3) is 0.571. The maximum atomic E-state index is 13.1. The maximum Gasteiger partial charge on any atom is 0.262 e. The first-order chi connectivity index (χ1) is 13.7. The smallest absolute Gasteiger partial charge is 0.262 e. The quantitative estimate of drug-likeness (QED) is 0.572. The minimum Gasteiger partial charge on any atom is -0.353 e. The Balaban J connectivity index is 1.51. The Labute approximate surface area is 169 Å². The van der Waals surface area contributed by atoms with Crippen molar-refractivity contribution in [3.63, 3.8) is 0 Å². The summed E-state index contributed by atoms with van der Waals surface area (Å²) in [6.45, 7) is 3.66. The fourth-order valence-electron chi connectivity index (χ4n) is 4.17. The molecule has 0 spiro atoms. The molecule has 150 valence electrons. The fourth-order valence-corrected chi connectivity index (χ4v) is 5.01. The van der Waals surface area contributed by atoms with Crippen LogP contribution in [0.15, 0.2) is 34.2 Å². The summed E-state index contributed by atoms with van der Waals surface area (Å²) in [6.07, 6.45) is 7.00. The van der Waals surface area contributed by atoms with Gasteiger partial charge in [-0.25, -0.2) is 4.98 Å². The monoisotopic (exact) mass is 400 g/mol. The minimum absolute atomic E-state index is 0.0106. The first kappa shape index (κ1) is 19.5. The molecule has 1 aliphatic heterocycles. The lowest BCUT2D eigenvalue weighted by atomic mass is 10.2. The standard InChI is InChI=1S/C21H28N4O2S/c26-19(22-16-7-1-2-8-16)15-28-21-23-18-10-4-3-9-17(18)20(27)25(21)14-13-24-11-5-6-12-24/h3-4,9-10,16H,1-2,5-8,11-15H2,(H,22,26). The molecule has 2 fully saturated rings. The Morgan fingerprint density at radius 2 is 1.86 bits per heavy atom. The van der Waals surface area contributed by atoms with Gasteiger partial charge >= 0.3 is 0 Å². The lowest BCUT2D eigenvalue weighted by Gasteiger charge is -2.18. The van der Waals surface area contributed by atoms with Gasteiger partial charge in [0, 0.05) is 19.1 Å². The van der Waals surface area contributed by atoms with Crippen LogP contribution in [0.1, 0.15) is 38.5 Å². The molecule has 28 heavy (non-hydrogen) atoms. The number of carbonyl (C=O) groups is 1. The average Bonchev–Trinajstić information content (AvgIpc) is 3.40. The molecule has 7 heteroatoms. The number of para-hydroxylation sites is 1. The molecule has 2 aliphatic rings. The lowest BCUT2D eigenvalue weighted by molar-refractivity contribution is -0.119. The van der Waals surface area contributed by atoms with E-state index in [2.05, 4.69) is 10.2 Å². The zero-order valence-electron chi connectivity index (χ0n) is 16.2. The van der Waals surface area contributed by atoms with Crippen LogP contribution in [0, 0.1) is 0 Å². The second-order valence-electron chi connectivity index (χ2n) is 7.75. The van der Waals surface area contributed by atoms with Crippen LogP contribution in [0.3, 0.4) is 0 Å². The van der Waals surface area contributed by atoms with Crippen molar-refractivity contribution >= 4 is 28.6 Å². The Morgan fingerprint density at radius 3 is 2.64 bits per heavy atom. The van der Waals surface area contributed by atoms with Crippen LogP contribution in [-0.4, -0.2) is 51.8 Å². The summed E-state index contributed by atoms with van der Waals surface area (Å²) in [7, 11) is 0. The summed E-state index contributed by atoms with van der Waals surface area (Å²) in [5.74, 6) is 0.329. The maximum absolute atomic E-state index is 13.1. The lowest BCUT2D eigenvalue weighted by Crippen LogP contribution is -2.34. The van der Waals surface area contributed by atoms with Crippen LogP contribution >= 0.6 is 11.8 Å². The number of likely N-dealkylation sites (tertiary alicyclic amines) is 1. The molecule has 0 radical (unpaired) electrons. The van der Waals surface area contributed by atoms with Gasteiger partial charge in [-0.1, -0.05) is 36.7 Å². The van der Waals surface area contributed by atoms with E-state index in [9.17, 15) is 9.59 Å². The van der Waals surface area contributed by atoms with Crippen molar-refractivity contribution in [1.29, 1.82) is 0 Å². The van der Waals surface area contributed by atoms with Gasteiger partial charge in [0.05, 0.1) is 16.7 Å². The first-order valence-corrected chi connectivity index (χ1v) is 11.3.